The van der Waals surface area contributed by atoms with Crippen molar-refractivity contribution in [2.45, 2.75) is 19.8 Å². The minimum Gasteiger partial charge on any atom is -0.437 e. The van der Waals surface area contributed by atoms with Crippen LogP contribution in [0.2, 0.25) is 5.15 Å². The Hall–Kier alpha value is -1.20. The van der Waals surface area contributed by atoms with Gasteiger partial charge in [-0.25, -0.2) is 4.98 Å². The van der Waals surface area contributed by atoms with Crippen molar-refractivity contribution >= 4 is 27.5 Å². The third-order valence-electron chi connectivity index (χ3n) is 2.09. The molecule has 2 rings (SSSR count). The standard InChI is InChI=1S/C12H11BrClN3O/c1-2-3-11-16-10(14)5-12(17-11)18-9-4-8(13)6-15-7-9/h4-7H,2-3H2,1H3. The van der Waals surface area contributed by atoms with E-state index in [1.165, 1.54) is 0 Å². The Kier molecular flexibility index (Phi) is 4.49. The lowest BCUT2D eigenvalue weighted by atomic mass is 10.3. The molecule has 0 amide bonds. The highest BCUT2D eigenvalue weighted by atomic mass is 79.9. The maximum atomic E-state index is 5.93. The smallest absolute Gasteiger partial charge is 0.224 e. The molecule has 18 heavy (non-hydrogen) atoms. The zero-order valence-electron chi connectivity index (χ0n) is 9.73. The fourth-order valence-electron chi connectivity index (χ4n) is 1.40. The predicted octanol–water partition coefficient (Wildman–Crippen LogP) is 4.03. The van der Waals surface area contributed by atoms with Gasteiger partial charge in [0.05, 0.1) is 6.20 Å². The molecule has 0 aromatic carbocycles. The number of ether oxygens (including phenoxy) is 1. The number of hydrogen-bond donors (Lipinski definition) is 0. The molecular weight excluding hydrogens is 318 g/mol. The predicted molar refractivity (Wildman–Crippen MR) is 73.0 cm³/mol. The van der Waals surface area contributed by atoms with Crippen molar-refractivity contribution < 1.29 is 4.74 Å². The summed E-state index contributed by atoms with van der Waals surface area (Å²) < 4.78 is 6.44. The third-order valence-corrected chi connectivity index (χ3v) is 2.72. The molecule has 0 aliphatic carbocycles. The van der Waals surface area contributed by atoms with Crippen LogP contribution in [0.5, 0.6) is 11.6 Å². The molecular formula is C12H11BrClN3O. The second kappa shape index (κ2) is 6.11. The van der Waals surface area contributed by atoms with Crippen molar-refractivity contribution in [2.75, 3.05) is 0 Å². The number of pyridine rings is 1. The van der Waals surface area contributed by atoms with Crippen LogP contribution >= 0.6 is 27.5 Å². The second-order valence-corrected chi connectivity index (χ2v) is 4.94. The van der Waals surface area contributed by atoms with Gasteiger partial charge in [-0.15, -0.1) is 0 Å². The summed E-state index contributed by atoms with van der Waals surface area (Å²) in [6.45, 7) is 2.06. The van der Waals surface area contributed by atoms with Crippen molar-refractivity contribution in [2.24, 2.45) is 0 Å². The first kappa shape index (κ1) is 13.2. The van der Waals surface area contributed by atoms with Gasteiger partial charge in [-0.2, -0.15) is 4.98 Å². The van der Waals surface area contributed by atoms with Gasteiger partial charge in [0.2, 0.25) is 5.88 Å². The molecule has 94 valence electrons. The monoisotopic (exact) mass is 327 g/mol. The van der Waals surface area contributed by atoms with Crippen molar-refractivity contribution in [1.29, 1.82) is 0 Å². The van der Waals surface area contributed by atoms with Gasteiger partial charge in [0.25, 0.3) is 0 Å². The van der Waals surface area contributed by atoms with Crippen molar-refractivity contribution in [1.82, 2.24) is 15.0 Å². The van der Waals surface area contributed by atoms with Crippen LogP contribution in [-0.4, -0.2) is 15.0 Å². The zero-order chi connectivity index (χ0) is 13.0. The fraction of sp³-hybridized carbons (Fsp3) is 0.250. The molecule has 2 heterocycles. The van der Waals surface area contributed by atoms with E-state index in [2.05, 4.69) is 37.8 Å². The van der Waals surface area contributed by atoms with Crippen LogP contribution in [0.4, 0.5) is 0 Å². The van der Waals surface area contributed by atoms with Gasteiger partial charge in [-0.3, -0.25) is 4.98 Å². The van der Waals surface area contributed by atoms with Crippen molar-refractivity contribution in [3.8, 4) is 11.6 Å². The number of hydrogen-bond acceptors (Lipinski definition) is 4. The first-order chi connectivity index (χ1) is 8.67. The Morgan fingerprint density at radius 3 is 2.83 bits per heavy atom. The summed E-state index contributed by atoms with van der Waals surface area (Å²) in [7, 11) is 0. The van der Waals surface area contributed by atoms with Gasteiger partial charge >= 0.3 is 0 Å². The first-order valence-electron chi connectivity index (χ1n) is 5.49. The largest absolute Gasteiger partial charge is 0.437 e. The van der Waals surface area contributed by atoms with E-state index in [1.807, 2.05) is 6.07 Å². The summed E-state index contributed by atoms with van der Waals surface area (Å²) in [5.74, 6) is 1.71. The molecule has 0 bridgehead atoms. The van der Waals surface area contributed by atoms with Gasteiger partial charge in [-0.05, 0) is 28.4 Å². The van der Waals surface area contributed by atoms with E-state index in [4.69, 9.17) is 16.3 Å². The SMILES string of the molecule is CCCc1nc(Cl)cc(Oc2cncc(Br)c2)n1. The van der Waals surface area contributed by atoms with Gasteiger partial charge < -0.3 is 4.74 Å². The molecule has 2 aromatic heterocycles. The van der Waals surface area contributed by atoms with Crippen LogP contribution in [0.3, 0.4) is 0 Å². The van der Waals surface area contributed by atoms with Crippen molar-refractivity contribution in [3.63, 3.8) is 0 Å². The van der Waals surface area contributed by atoms with Gasteiger partial charge in [-0.1, -0.05) is 18.5 Å². The van der Waals surface area contributed by atoms with E-state index < -0.39 is 0 Å². The average molecular weight is 329 g/mol. The van der Waals surface area contributed by atoms with Crippen molar-refractivity contribution in [3.05, 3.63) is 40.0 Å². The van der Waals surface area contributed by atoms with E-state index in [9.17, 15) is 0 Å². The highest BCUT2D eigenvalue weighted by molar-refractivity contribution is 9.10. The molecule has 0 spiro atoms. The van der Waals surface area contributed by atoms with Crippen LogP contribution in [-0.2, 0) is 6.42 Å². The molecule has 0 radical (unpaired) electrons. The Labute approximate surface area is 119 Å². The number of aromatic nitrogens is 3. The summed E-state index contributed by atoms with van der Waals surface area (Å²) in [6.07, 6.45) is 5.02. The highest BCUT2D eigenvalue weighted by Crippen LogP contribution is 2.23. The number of aryl methyl sites for hydroxylation is 1. The molecule has 0 N–H and O–H groups in total. The van der Waals surface area contributed by atoms with E-state index in [0.717, 1.165) is 17.3 Å². The molecule has 0 aliphatic heterocycles. The van der Waals surface area contributed by atoms with Crippen LogP contribution < -0.4 is 4.74 Å². The van der Waals surface area contributed by atoms with E-state index in [0.29, 0.717) is 22.6 Å². The van der Waals surface area contributed by atoms with E-state index in [1.54, 1.807) is 18.5 Å². The molecule has 0 atom stereocenters. The molecule has 2 aromatic rings. The average Bonchev–Trinajstić information content (AvgIpc) is 2.28. The molecule has 0 saturated carbocycles. The molecule has 0 aliphatic rings. The molecule has 6 heteroatoms. The Bertz CT molecular complexity index is 551. The number of nitrogens with zero attached hydrogens (tertiary/aromatic N) is 3. The normalized spacial score (nSPS) is 10.4. The Morgan fingerprint density at radius 1 is 1.28 bits per heavy atom. The van der Waals surface area contributed by atoms with Crippen LogP contribution in [0.1, 0.15) is 19.2 Å². The van der Waals surface area contributed by atoms with Gasteiger partial charge in [0.15, 0.2) is 0 Å². The maximum absolute atomic E-state index is 5.93. The van der Waals surface area contributed by atoms with Gasteiger partial charge in [0.1, 0.15) is 16.7 Å². The molecule has 0 fully saturated rings. The number of halogens is 2. The molecule has 0 saturated heterocycles. The lowest BCUT2D eigenvalue weighted by Gasteiger charge is -2.06. The minimum atomic E-state index is 0.381. The van der Waals surface area contributed by atoms with E-state index in [-0.39, 0.29) is 0 Å². The fourth-order valence-corrected chi connectivity index (χ4v) is 1.93. The minimum absolute atomic E-state index is 0.381. The molecule has 4 nitrogen and oxygen atoms in total. The first-order valence-corrected chi connectivity index (χ1v) is 6.66. The summed E-state index contributed by atoms with van der Waals surface area (Å²) >= 11 is 9.26. The maximum Gasteiger partial charge on any atom is 0.224 e. The third kappa shape index (κ3) is 3.65. The van der Waals surface area contributed by atoms with E-state index >= 15 is 0 Å². The van der Waals surface area contributed by atoms with Gasteiger partial charge in [0, 0.05) is 23.2 Å². The second-order valence-electron chi connectivity index (χ2n) is 3.64. The zero-order valence-corrected chi connectivity index (χ0v) is 12.1. The quantitative estimate of drug-likeness (QED) is 0.795. The summed E-state index contributed by atoms with van der Waals surface area (Å²) in [4.78, 5) is 12.4. The highest BCUT2D eigenvalue weighted by Gasteiger charge is 2.05. The summed E-state index contributed by atoms with van der Waals surface area (Å²) in [6, 6.07) is 3.39. The Morgan fingerprint density at radius 2 is 2.11 bits per heavy atom. The topological polar surface area (TPSA) is 47.9 Å². The lowest BCUT2D eigenvalue weighted by molar-refractivity contribution is 0.456. The molecule has 0 unspecified atom stereocenters. The lowest BCUT2D eigenvalue weighted by Crippen LogP contribution is -1.97. The van der Waals surface area contributed by atoms with Crippen LogP contribution in [0, 0.1) is 0 Å². The summed E-state index contributed by atoms with van der Waals surface area (Å²) in [5.41, 5.74) is 0. The number of rotatable bonds is 4. The summed E-state index contributed by atoms with van der Waals surface area (Å²) in [5, 5.41) is 0.381. The van der Waals surface area contributed by atoms with Crippen LogP contribution in [0.15, 0.2) is 29.0 Å². The van der Waals surface area contributed by atoms with Crippen LogP contribution in [0.25, 0.3) is 0 Å². The Balaban J connectivity index is 2.23.